The van der Waals surface area contributed by atoms with Crippen LogP contribution in [0.1, 0.15) is 12.0 Å². The maximum Gasteiger partial charge on any atom is 0.123 e. The summed E-state index contributed by atoms with van der Waals surface area (Å²) >= 11 is 0. The number of aryl methyl sites for hydroxylation is 1. The standard InChI is InChI=1S/C10H14FNO/c11-9-4-1-8(2-5-9)3-6-10(13)7-12/h1-2,4-5,10,13H,3,6-7,12H2/t10-/m1/s1. The molecule has 0 aliphatic rings. The van der Waals surface area contributed by atoms with E-state index in [1.54, 1.807) is 12.1 Å². The number of hydrogen-bond donors (Lipinski definition) is 2. The lowest BCUT2D eigenvalue weighted by Gasteiger charge is -2.06. The second-order valence-corrected chi connectivity index (χ2v) is 3.05. The normalized spacial score (nSPS) is 12.8. The fraction of sp³-hybridized carbons (Fsp3) is 0.400. The quantitative estimate of drug-likeness (QED) is 0.733. The third-order valence-electron chi connectivity index (χ3n) is 1.95. The summed E-state index contributed by atoms with van der Waals surface area (Å²) in [5.74, 6) is -0.233. The smallest absolute Gasteiger partial charge is 0.123 e. The van der Waals surface area contributed by atoms with Crippen LogP contribution < -0.4 is 5.73 Å². The van der Waals surface area contributed by atoms with Gasteiger partial charge in [0.25, 0.3) is 0 Å². The molecule has 1 aromatic rings. The van der Waals surface area contributed by atoms with E-state index < -0.39 is 6.10 Å². The SMILES string of the molecule is NC[C@H](O)CCc1ccc(F)cc1. The van der Waals surface area contributed by atoms with Crippen LogP contribution in [-0.4, -0.2) is 17.8 Å². The molecule has 1 aromatic carbocycles. The third kappa shape index (κ3) is 3.53. The minimum absolute atomic E-state index is 0.233. The molecule has 1 atom stereocenters. The second kappa shape index (κ2) is 4.94. The van der Waals surface area contributed by atoms with Crippen molar-refractivity contribution in [3.63, 3.8) is 0 Å². The average molecular weight is 183 g/mol. The lowest BCUT2D eigenvalue weighted by atomic mass is 10.1. The summed E-state index contributed by atoms with van der Waals surface area (Å²) in [6.45, 7) is 0.279. The minimum atomic E-state index is -0.454. The summed E-state index contributed by atoms with van der Waals surface area (Å²) in [7, 11) is 0. The van der Waals surface area contributed by atoms with Gasteiger partial charge in [0.2, 0.25) is 0 Å². The van der Waals surface area contributed by atoms with Crippen molar-refractivity contribution in [2.45, 2.75) is 18.9 Å². The van der Waals surface area contributed by atoms with Crippen molar-refractivity contribution >= 4 is 0 Å². The fourth-order valence-corrected chi connectivity index (χ4v) is 1.10. The minimum Gasteiger partial charge on any atom is -0.392 e. The Kier molecular flexibility index (Phi) is 3.86. The fourth-order valence-electron chi connectivity index (χ4n) is 1.10. The largest absolute Gasteiger partial charge is 0.392 e. The molecule has 3 heteroatoms. The molecule has 0 heterocycles. The van der Waals surface area contributed by atoms with Gasteiger partial charge in [0.1, 0.15) is 5.82 Å². The van der Waals surface area contributed by atoms with Crippen molar-refractivity contribution in [1.82, 2.24) is 0 Å². The molecule has 0 spiro atoms. The highest BCUT2D eigenvalue weighted by Crippen LogP contribution is 2.06. The first-order valence-electron chi connectivity index (χ1n) is 4.35. The number of rotatable bonds is 4. The van der Waals surface area contributed by atoms with Gasteiger partial charge in [-0.05, 0) is 30.5 Å². The maximum atomic E-state index is 12.5. The van der Waals surface area contributed by atoms with Gasteiger partial charge in [0.05, 0.1) is 6.10 Å². The molecule has 0 saturated heterocycles. The number of aliphatic hydroxyl groups excluding tert-OH is 1. The number of benzene rings is 1. The van der Waals surface area contributed by atoms with E-state index in [1.807, 2.05) is 0 Å². The molecule has 0 fully saturated rings. The van der Waals surface area contributed by atoms with Crippen molar-refractivity contribution < 1.29 is 9.50 Å². The molecular formula is C10H14FNO. The molecule has 0 unspecified atom stereocenters. The van der Waals surface area contributed by atoms with E-state index in [0.29, 0.717) is 6.42 Å². The molecule has 0 amide bonds. The highest BCUT2D eigenvalue weighted by molar-refractivity contribution is 5.16. The van der Waals surface area contributed by atoms with E-state index in [4.69, 9.17) is 5.73 Å². The zero-order chi connectivity index (χ0) is 9.68. The topological polar surface area (TPSA) is 46.2 Å². The first-order chi connectivity index (χ1) is 6.22. The molecule has 72 valence electrons. The Labute approximate surface area is 77.2 Å². The van der Waals surface area contributed by atoms with Gasteiger partial charge in [-0.2, -0.15) is 0 Å². The van der Waals surface area contributed by atoms with E-state index in [9.17, 15) is 9.50 Å². The summed E-state index contributed by atoms with van der Waals surface area (Å²) in [5, 5.41) is 9.17. The van der Waals surface area contributed by atoms with Crippen LogP contribution in [0.25, 0.3) is 0 Å². The van der Waals surface area contributed by atoms with Gasteiger partial charge in [-0.3, -0.25) is 0 Å². The molecule has 0 aromatic heterocycles. The highest BCUT2D eigenvalue weighted by Gasteiger charge is 2.01. The van der Waals surface area contributed by atoms with Crippen molar-refractivity contribution in [2.24, 2.45) is 5.73 Å². The summed E-state index contributed by atoms with van der Waals surface area (Å²) < 4.78 is 12.5. The van der Waals surface area contributed by atoms with E-state index in [0.717, 1.165) is 12.0 Å². The number of aliphatic hydroxyl groups is 1. The lowest BCUT2D eigenvalue weighted by Crippen LogP contribution is -2.20. The molecule has 2 nitrogen and oxygen atoms in total. The Hall–Kier alpha value is -0.930. The number of hydrogen-bond acceptors (Lipinski definition) is 2. The van der Waals surface area contributed by atoms with Crippen molar-refractivity contribution in [2.75, 3.05) is 6.54 Å². The van der Waals surface area contributed by atoms with Gasteiger partial charge in [0, 0.05) is 6.54 Å². The van der Waals surface area contributed by atoms with Crippen LogP contribution in [0.15, 0.2) is 24.3 Å². The van der Waals surface area contributed by atoms with Gasteiger partial charge in [-0.1, -0.05) is 12.1 Å². The van der Waals surface area contributed by atoms with Crippen LogP contribution in [0.3, 0.4) is 0 Å². The van der Waals surface area contributed by atoms with Crippen LogP contribution in [0.4, 0.5) is 4.39 Å². The second-order valence-electron chi connectivity index (χ2n) is 3.05. The Bertz CT molecular complexity index is 248. The molecule has 0 aliphatic heterocycles. The van der Waals surface area contributed by atoms with Crippen molar-refractivity contribution in [1.29, 1.82) is 0 Å². The van der Waals surface area contributed by atoms with Gasteiger partial charge >= 0.3 is 0 Å². The van der Waals surface area contributed by atoms with E-state index >= 15 is 0 Å². The molecule has 0 bridgehead atoms. The molecule has 0 aliphatic carbocycles. The van der Waals surface area contributed by atoms with Crippen molar-refractivity contribution in [3.8, 4) is 0 Å². The van der Waals surface area contributed by atoms with Crippen LogP contribution >= 0.6 is 0 Å². The summed E-state index contributed by atoms with van der Waals surface area (Å²) in [4.78, 5) is 0. The summed E-state index contributed by atoms with van der Waals surface area (Å²) in [6, 6.07) is 6.28. The predicted molar refractivity (Wildman–Crippen MR) is 49.8 cm³/mol. The molecule has 0 radical (unpaired) electrons. The van der Waals surface area contributed by atoms with E-state index in [2.05, 4.69) is 0 Å². The average Bonchev–Trinajstić information content (AvgIpc) is 2.16. The molecular weight excluding hydrogens is 169 g/mol. The van der Waals surface area contributed by atoms with E-state index in [-0.39, 0.29) is 12.4 Å². The van der Waals surface area contributed by atoms with Gasteiger partial charge in [-0.15, -0.1) is 0 Å². The monoisotopic (exact) mass is 183 g/mol. The van der Waals surface area contributed by atoms with Crippen molar-refractivity contribution in [3.05, 3.63) is 35.6 Å². The van der Waals surface area contributed by atoms with Crippen LogP contribution in [0.2, 0.25) is 0 Å². The zero-order valence-corrected chi connectivity index (χ0v) is 7.41. The predicted octanol–water partition coefficient (Wildman–Crippen LogP) is 1.08. The first kappa shape index (κ1) is 10.2. The molecule has 13 heavy (non-hydrogen) atoms. The number of halogens is 1. The lowest BCUT2D eigenvalue weighted by molar-refractivity contribution is 0.173. The molecule has 3 N–H and O–H groups in total. The van der Waals surface area contributed by atoms with Gasteiger partial charge in [0.15, 0.2) is 0 Å². The molecule has 1 rings (SSSR count). The maximum absolute atomic E-state index is 12.5. The van der Waals surface area contributed by atoms with Crippen LogP contribution in [0, 0.1) is 5.82 Å². The van der Waals surface area contributed by atoms with Crippen LogP contribution in [0.5, 0.6) is 0 Å². The summed E-state index contributed by atoms with van der Waals surface area (Å²) in [6.07, 6.45) is 0.908. The Morgan fingerprint density at radius 2 is 1.92 bits per heavy atom. The van der Waals surface area contributed by atoms with Gasteiger partial charge in [-0.25, -0.2) is 4.39 Å². The Morgan fingerprint density at radius 1 is 1.31 bits per heavy atom. The summed E-state index contributed by atoms with van der Waals surface area (Å²) in [5.41, 5.74) is 6.27. The van der Waals surface area contributed by atoms with Gasteiger partial charge < -0.3 is 10.8 Å². The van der Waals surface area contributed by atoms with E-state index in [1.165, 1.54) is 12.1 Å². The number of nitrogens with two attached hydrogens (primary N) is 1. The third-order valence-corrected chi connectivity index (χ3v) is 1.95. The first-order valence-corrected chi connectivity index (χ1v) is 4.35. The Balaban J connectivity index is 2.41. The molecule has 0 saturated carbocycles. The zero-order valence-electron chi connectivity index (χ0n) is 7.41. The Morgan fingerprint density at radius 3 is 2.46 bits per heavy atom. The highest BCUT2D eigenvalue weighted by atomic mass is 19.1. The van der Waals surface area contributed by atoms with Crippen LogP contribution in [-0.2, 0) is 6.42 Å².